The Morgan fingerprint density at radius 3 is 2.91 bits per heavy atom. The second-order valence-corrected chi connectivity index (χ2v) is 5.31. The fourth-order valence-electron chi connectivity index (χ4n) is 2.53. The van der Waals surface area contributed by atoms with Crippen LogP contribution in [0.1, 0.15) is 6.42 Å². The minimum Gasteiger partial charge on any atom is -0.497 e. The minimum absolute atomic E-state index is 0.248. The highest BCUT2D eigenvalue weighted by atomic mass is 16.5. The van der Waals surface area contributed by atoms with Gasteiger partial charge in [0.15, 0.2) is 11.2 Å². The molecule has 0 radical (unpaired) electrons. The molecule has 2 aromatic heterocycles. The van der Waals surface area contributed by atoms with E-state index in [1.807, 2.05) is 24.3 Å². The van der Waals surface area contributed by atoms with Gasteiger partial charge in [0.2, 0.25) is 5.95 Å². The third-order valence-corrected chi connectivity index (χ3v) is 3.77. The van der Waals surface area contributed by atoms with E-state index in [1.165, 1.54) is 0 Å². The van der Waals surface area contributed by atoms with Crippen LogP contribution in [-0.4, -0.2) is 51.3 Å². The van der Waals surface area contributed by atoms with Crippen LogP contribution in [0.25, 0.3) is 16.9 Å². The number of anilines is 1. The molecule has 3 heterocycles. The zero-order chi connectivity index (χ0) is 15.6. The first kappa shape index (κ1) is 13.9. The summed E-state index contributed by atoms with van der Waals surface area (Å²) in [7, 11) is 1.64. The number of nitrogens with zero attached hydrogens (tertiary/aromatic N) is 5. The Balaban J connectivity index is 1.68. The summed E-state index contributed by atoms with van der Waals surface area (Å²) < 4.78 is 12.2. The number of rotatable bonds is 4. The van der Waals surface area contributed by atoms with E-state index in [-0.39, 0.29) is 6.04 Å². The molecule has 0 spiro atoms. The maximum atomic E-state index is 5.36. The second-order valence-electron chi connectivity index (χ2n) is 5.31. The smallest absolute Gasteiger partial charge is 0.225 e. The molecule has 0 saturated carbocycles. The van der Waals surface area contributed by atoms with Crippen LogP contribution in [0.4, 0.5) is 5.95 Å². The average Bonchev–Trinajstić information content (AvgIpc) is 3.24. The van der Waals surface area contributed by atoms with Gasteiger partial charge in [0.25, 0.3) is 0 Å². The first-order chi connectivity index (χ1) is 11.3. The number of fused-ring (bicyclic) bond motifs is 1. The van der Waals surface area contributed by atoms with Crippen molar-refractivity contribution in [3.8, 4) is 11.4 Å². The number of ether oxygens (including phenoxy) is 2. The van der Waals surface area contributed by atoms with E-state index < -0.39 is 0 Å². The lowest BCUT2D eigenvalue weighted by atomic mass is 10.3. The molecule has 1 aromatic carbocycles. The van der Waals surface area contributed by atoms with E-state index in [4.69, 9.17) is 9.47 Å². The molecule has 4 rings (SSSR count). The minimum atomic E-state index is 0.248. The molecular formula is C15H16N6O2. The van der Waals surface area contributed by atoms with E-state index in [0.29, 0.717) is 23.7 Å². The van der Waals surface area contributed by atoms with Crippen molar-refractivity contribution in [3.05, 3.63) is 30.5 Å². The van der Waals surface area contributed by atoms with Gasteiger partial charge in [-0.15, -0.1) is 5.10 Å². The SMILES string of the molecule is COc1ccc(-n2nnc3cnc(N[C@@H]4CCOC4)nc32)cc1. The second kappa shape index (κ2) is 5.81. The topological polar surface area (TPSA) is 87.0 Å². The van der Waals surface area contributed by atoms with Crippen molar-refractivity contribution in [1.82, 2.24) is 25.0 Å². The highest BCUT2D eigenvalue weighted by Gasteiger charge is 2.17. The molecule has 118 valence electrons. The zero-order valence-corrected chi connectivity index (χ0v) is 12.6. The molecule has 8 heteroatoms. The molecule has 0 unspecified atom stereocenters. The van der Waals surface area contributed by atoms with Crippen LogP contribution >= 0.6 is 0 Å². The molecular weight excluding hydrogens is 296 g/mol. The Morgan fingerprint density at radius 2 is 2.17 bits per heavy atom. The summed E-state index contributed by atoms with van der Waals surface area (Å²) in [6.07, 6.45) is 2.63. The number of nitrogens with one attached hydrogen (secondary N) is 1. The largest absolute Gasteiger partial charge is 0.497 e. The fraction of sp³-hybridized carbons (Fsp3) is 0.333. The Labute approximate surface area is 132 Å². The summed E-state index contributed by atoms with van der Waals surface area (Å²) in [4.78, 5) is 8.84. The Hall–Kier alpha value is -2.74. The maximum absolute atomic E-state index is 5.36. The molecule has 0 amide bonds. The van der Waals surface area contributed by atoms with Crippen molar-refractivity contribution < 1.29 is 9.47 Å². The standard InChI is InChI=1S/C15H16N6O2/c1-22-12-4-2-11(3-5-12)21-14-13(19-20-21)8-16-15(18-14)17-10-6-7-23-9-10/h2-5,8,10H,6-7,9H2,1H3,(H,16,17,18)/t10-/m1/s1. The average molecular weight is 312 g/mol. The van der Waals surface area contributed by atoms with Crippen molar-refractivity contribution in [3.63, 3.8) is 0 Å². The predicted molar refractivity (Wildman–Crippen MR) is 83.9 cm³/mol. The molecule has 1 atom stereocenters. The zero-order valence-electron chi connectivity index (χ0n) is 12.6. The van der Waals surface area contributed by atoms with Crippen molar-refractivity contribution in [2.24, 2.45) is 0 Å². The van der Waals surface area contributed by atoms with Crippen LogP contribution in [0.5, 0.6) is 5.75 Å². The van der Waals surface area contributed by atoms with Crippen LogP contribution in [0.2, 0.25) is 0 Å². The lowest BCUT2D eigenvalue weighted by Crippen LogP contribution is -2.20. The van der Waals surface area contributed by atoms with Crippen LogP contribution in [0.15, 0.2) is 30.5 Å². The number of methoxy groups -OCH3 is 1. The van der Waals surface area contributed by atoms with Gasteiger partial charge in [0, 0.05) is 6.61 Å². The van der Waals surface area contributed by atoms with Crippen molar-refractivity contribution >= 4 is 17.1 Å². The predicted octanol–water partition coefficient (Wildman–Crippen LogP) is 1.42. The van der Waals surface area contributed by atoms with Gasteiger partial charge in [-0.2, -0.15) is 9.67 Å². The quantitative estimate of drug-likeness (QED) is 0.779. The van der Waals surface area contributed by atoms with Gasteiger partial charge in [-0.3, -0.25) is 0 Å². The number of benzene rings is 1. The molecule has 8 nitrogen and oxygen atoms in total. The molecule has 0 bridgehead atoms. The third-order valence-electron chi connectivity index (χ3n) is 3.77. The number of aromatic nitrogens is 5. The van der Waals surface area contributed by atoms with Gasteiger partial charge < -0.3 is 14.8 Å². The fourth-order valence-corrected chi connectivity index (χ4v) is 2.53. The summed E-state index contributed by atoms with van der Waals surface area (Å²) in [5.41, 5.74) is 2.17. The van der Waals surface area contributed by atoms with Gasteiger partial charge >= 0.3 is 0 Å². The molecule has 1 aliphatic heterocycles. The summed E-state index contributed by atoms with van der Waals surface area (Å²) >= 11 is 0. The highest BCUT2D eigenvalue weighted by Crippen LogP contribution is 2.19. The lowest BCUT2D eigenvalue weighted by molar-refractivity contribution is 0.195. The maximum Gasteiger partial charge on any atom is 0.225 e. The highest BCUT2D eigenvalue weighted by molar-refractivity contribution is 5.72. The van der Waals surface area contributed by atoms with Crippen LogP contribution < -0.4 is 10.1 Å². The van der Waals surface area contributed by atoms with Crippen LogP contribution in [0.3, 0.4) is 0 Å². The van der Waals surface area contributed by atoms with Gasteiger partial charge in [-0.05, 0) is 30.7 Å². The summed E-state index contributed by atoms with van der Waals surface area (Å²) in [6.45, 7) is 1.45. The lowest BCUT2D eigenvalue weighted by Gasteiger charge is -2.10. The Kier molecular flexibility index (Phi) is 3.51. The van der Waals surface area contributed by atoms with Gasteiger partial charge in [-0.25, -0.2) is 4.98 Å². The van der Waals surface area contributed by atoms with Crippen LogP contribution in [-0.2, 0) is 4.74 Å². The van der Waals surface area contributed by atoms with Crippen LogP contribution in [0, 0.1) is 0 Å². The van der Waals surface area contributed by atoms with Crippen molar-refractivity contribution in [2.45, 2.75) is 12.5 Å². The molecule has 1 fully saturated rings. The van der Waals surface area contributed by atoms with Gasteiger partial charge in [0.05, 0.1) is 31.6 Å². The van der Waals surface area contributed by atoms with E-state index >= 15 is 0 Å². The van der Waals surface area contributed by atoms with E-state index in [2.05, 4.69) is 25.6 Å². The van der Waals surface area contributed by atoms with Gasteiger partial charge in [0.1, 0.15) is 5.75 Å². The molecule has 1 N–H and O–H groups in total. The summed E-state index contributed by atoms with van der Waals surface area (Å²) in [5, 5.41) is 11.6. The Morgan fingerprint density at radius 1 is 1.30 bits per heavy atom. The molecule has 0 aliphatic carbocycles. The summed E-state index contributed by atoms with van der Waals surface area (Å²) in [5.74, 6) is 1.35. The molecule has 3 aromatic rings. The molecule has 1 saturated heterocycles. The Bertz CT molecular complexity index is 810. The number of hydrogen-bond acceptors (Lipinski definition) is 7. The third kappa shape index (κ3) is 2.68. The molecule has 23 heavy (non-hydrogen) atoms. The summed E-state index contributed by atoms with van der Waals surface area (Å²) in [6, 6.07) is 7.82. The van der Waals surface area contributed by atoms with E-state index in [0.717, 1.165) is 24.5 Å². The van der Waals surface area contributed by atoms with E-state index in [9.17, 15) is 0 Å². The van der Waals surface area contributed by atoms with E-state index in [1.54, 1.807) is 18.0 Å². The van der Waals surface area contributed by atoms with Crippen molar-refractivity contribution in [2.75, 3.05) is 25.6 Å². The number of hydrogen-bond donors (Lipinski definition) is 1. The van der Waals surface area contributed by atoms with Crippen molar-refractivity contribution in [1.29, 1.82) is 0 Å². The molecule has 1 aliphatic rings. The monoisotopic (exact) mass is 312 g/mol. The first-order valence-electron chi connectivity index (χ1n) is 7.40. The van der Waals surface area contributed by atoms with Gasteiger partial charge in [-0.1, -0.05) is 5.21 Å². The first-order valence-corrected chi connectivity index (χ1v) is 7.40. The normalized spacial score (nSPS) is 17.5.